The first-order chi connectivity index (χ1) is 10.0. The van der Waals surface area contributed by atoms with Crippen LogP contribution in [0.15, 0.2) is 48.5 Å². The van der Waals surface area contributed by atoms with Crippen LogP contribution in [0, 0.1) is 11.8 Å². The molecule has 0 unspecified atom stereocenters. The van der Waals surface area contributed by atoms with Gasteiger partial charge in [-0.05, 0) is 42.0 Å². The monoisotopic (exact) mass is 278 g/mol. The average molecular weight is 278 g/mol. The maximum atomic E-state index is 11.3. The van der Waals surface area contributed by atoms with E-state index >= 15 is 0 Å². The largest absolute Gasteiger partial charge is 0.508 e. The first-order valence-corrected chi connectivity index (χ1v) is 6.48. The standard InChI is InChI=1S/C18H14O3/c1-13(19)18(21)12-16-6-4-14(5-7-16)2-3-15-8-10-17(20)11-9-15/h4-11,20H,12H2,1H3. The Kier molecular flexibility index (Phi) is 4.53. The Labute approximate surface area is 123 Å². The van der Waals surface area contributed by atoms with Gasteiger partial charge in [0.15, 0.2) is 5.78 Å². The summed E-state index contributed by atoms with van der Waals surface area (Å²) >= 11 is 0. The molecule has 21 heavy (non-hydrogen) atoms. The summed E-state index contributed by atoms with van der Waals surface area (Å²) < 4.78 is 0. The van der Waals surface area contributed by atoms with Crippen LogP contribution in [-0.4, -0.2) is 16.7 Å². The van der Waals surface area contributed by atoms with E-state index < -0.39 is 11.6 Å². The molecule has 0 spiro atoms. The molecule has 0 saturated heterocycles. The van der Waals surface area contributed by atoms with Gasteiger partial charge in [-0.15, -0.1) is 0 Å². The minimum absolute atomic E-state index is 0.126. The van der Waals surface area contributed by atoms with Gasteiger partial charge < -0.3 is 5.11 Å². The zero-order chi connectivity index (χ0) is 15.2. The Bertz CT molecular complexity index is 714. The molecule has 0 amide bonds. The van der Waals surface area contributed by atoms with Crippen LogP contribution >= 0.6 is 0 Å². The van der Waals surface area contributed by atoms with Crippen LogP contribution in [0.3, 0.4) is 0 Å². The molecule has 3 heteroatoms. The first kappa shape index (κ1) is 14.5. The van der Waals surface area contributed by atoms with Crippen molar-refractivity contribution in [1.82, 2.24) is 0 Å². The number of rotatable bonds is 3. The van der Waals surface area contributed by atoms with Crippen molar-refractivity contribution in [3.63, 3.8) is 0 Å². The van der Waals surface area contributed by atoms with E-state index in [1.807, 2.05) is 12.1 Å². The van der Waals surface area contributed by atoms with Crippen molar-refractivity contribution in [3.8, 4) is 17.6 Å². The van der Waals surface area contributed by atoms with Crippen molar-refractivity contribution >= 4 is 11.6 Å². The third-order valence-electron chi connectivity index (χ3n) is 2.93. The molecule has 104 valence electrons. The highest BCUT2D eigenvalue weighted by Gasteiger charge is 2.08. The van der Waals surface area contributed by atoms with E-state index in [-0.39, 0.29) is 12.2 Å². The molecule has 0 aliphatic carbocycles. The minimum Gasteiger partial charge on any atom is -0.508 e. The SMILES string of the molecule is CC(=O)C(=O)Cc1ccc(C#Cc2ccc(O)cc2)cc1. The van der Waals surface area contributed by atoms with Gasteiger partial charge in [0.1, 0.15) is 5.75 Å². The number of Topliss-reactive ketones (excluding diaryl/α,β-unsaturated/α-hetero) is 2. The second-order valence-corrected chi connectivity index (χ2v) is 4.65. The van der Waals surface area contributed by atoms with Gasteiger partial charge in [-0.3, -0.25) is 9.59 Å². The molecule has 0 aliphatic rings. The molecule has 1 N–H and O–H groups in total. The van der Waals surface area contributed by atoms with Gasteiger partial charge in [0.2, 0.25) is 5.78 Å². The second kappa shape index (κ2) is 6.53. The Morgan fingerprint density at radius 1 is 0.905 bits per heavy atom. The molecule has 0 saturated carbocycles. The minimum atomic E-state index is -0.425. The molecule has 0 fully saturated rings. The van der Waals surface area contributed by atoms with E-state index in [2.05, 4.69) is 11.8 Å². The Morgan fingerprint density at radius 2 is 1.38 bits per heavy atom. The number of benzene rings is 2. The Hall–Kier alpha value is -2.86. The van der Waals surface area contributed by atoms with Gasteiger partial charge in [0, 0.05) is 24.5 Å². The smallest absolute Gasteiger partial charge is 0.202 e. The van der Waals surface area contributed by atoms with Gasteiger partial charge in [0.05, 0.1) is 0 Å². The van der Waals surface area contributed by atoms with E-state index in [4.69, 9.17) is 0 Å². The fourth-order valence-electron chi connectivity index (χ4n) is 1.70. The van der Waals surface area contributed by atoms with E-state index in [0.29, 0.717) is 0 Å². The van der Waals surface area contributed by atoms with Crippen LogP contribution in [0.1, 0.15) is 23.6 Å². The van der Waals surface area contributed by atoms with Crippen LogP contribution < -0.4 is 0 Å². The number of ketones is 2. The Balaban J connectivity index is 2.08. The van der Waals surface area contributed by atoms with Gasteiger partial charge in [-0.25, -0.2) is 0 Å². The van der Waals surface area contributed by atoms with Crippen LogP contribution in [0.25, 0.3) is 0 Å². The lowest BCUT2D eigenvalue weighted by molar-refractivity contribution is -0.134. The molecule has 0 aromatic heterocycles. The second-order valence-electron chi connectivity index (χ2n) is 4.65. The lowest BCUT2D eigenvalue weighted by atomic mass is 10.1. The molecule has 2 aromatic rings. The van der Waals surface area contributed by atoms with E-state index in [1.165, 1.54) is 6.92 Å². The van der Waals surface area contributed by atoms with Gasteiger partial charge >= 0.3 is 0 Å². The van der Waals surface area contributed by atoms with E-state index in [1.54, 1.807) is 36.4 Å². The van der Waals surface area contributed by atoms with Crippen molar-refractivity contribution in [3.05, 3.63) is 65.2 Å². The maximum Gasteiger partial charge on any atom is 0.202 e. The summed E-state index contributed by atoms with van der Waals surface area (Å²) in [6.45, 7) is 1.28. The predicted octanol–water partition coefficient (Wildman–Crippen LogP) is 2.49. The van der Waals surface area contributed by atoms with Crippen LogP contribution in [0.5, 0.6) is 5.75 Å². The van der Waals surface area contributed by atoms with Gasteiger partial charge in [-0.1, -0.05) is 24.0 Å². The number of carbonyl (C=O) groups is 2. The predicted molar refractivity (Wildman–Crippen MR) is 79.9 cm³/mol. The Morgan fingerprint density at radius 3 is 1.86 bits per heavy atom. The molecule has 0 heterocycles. The molecule has 0 radical (unpaired) electrons. The van der Waals surface area contributed by atoms with Crippen molar-refractivity contribution < 1.29 is 14.7 Å². The summed E-state index contributed by atoms with van der Waals surface area (Å²) in [4.78, 5) is 22.2. The number of hydrogen-bond donors (Lipinski definition) is 1. The lowest BCUT2D eigenvalue weighted by Gasteiger charge is -1.98. The number of hydrogen-bond acceptors (Lipinski definition) is 3. The quantitative estimate of drug-likeness (QED) is 0.693. The summed E-state index contributed by atoms with van der Waals surface area (Å²) in [5.41, 5.74) is 2.43. The first-order valence-electron chi connectivity index (χ1n) is 6.48. The van der Waals surface area contributed by atoms with Crippen LogP contribution in [0.4, 0.5) is 0 Å². The summed E-state index contributed by atoms with van der Waals surface area (Å²) in [7, 11) is 0. The summed E-state index contributed by atoms with van der Waals surface area (Å²) in [6, 6.07) is 13.9. The van der Waals surface area contributed by atoms with E-state index in [0.717, 1.165) is 16.7 Å². The summed E-state index contributed by atoms with van der Waals surface area (Å²) in [6.07, 6.45) is 0.126. The van der Waals surface area contributed by atoms with Crippen molar-refractivity contribution in [2.45, 2.75) is 13.3 Å². The van der Waals surface area contributed by atoms with Crippen molar-refractivity contribution in [2.75, 3.05) is 0 Å². The normalized spacial score (nSPS) is 9.57. The number of carbonyl (C=O) groups excluding carboxylic acids is 2. The molecular formula is C18H14O3. The fraction of sp³-hybridized carbons (Fsp3) is 0.111. The average Bonchev–Trinajstić information content (AvgIpc) is 2.48. The zero-order valence-electron chi connectivity index (χ0n) is 11.6. The third-order valence-corrected chi connectivity index (χ3v) is 2.93. The summed E-state index contributed by atoms with van der Waals surface area (Å²) in [5, 5.41) is 9.18. The molecule has 2 aromatic carbocycles. The van der Waals surface area contributed by atoms with Crippen molar-refractivity contribution in [2.24, 2.45) is 0 Å². The molecular weight excluding hydrogens is 264 g/mol. The highest BCUT2D eigenvalue weighted by Crippen LogP contribution is 2.09. The fourth-order valence-corrected chi connectivity index (χ4v) is 1.70. The topological polar surface area (TPSA) is 54.4 Å². The molecule has 0 atom stereocenters. The highest BCUT2D eigenvalue weighted by molar-refractivity contribution is 6.36. The van der Waals surface area contributed by atoms with E-state index in [9.17, 15) is 14.7 Å². The van der Waals surface area contributed by atoms with Gasteiger partial charge in [0.25, 0.3) is 0 Å². The number of phenolic OH excluding ortho intramolecular Hbond substituents is 1. The zero-order valence-corrected chi connectivity index (χ0v) is 11.6. The van der Waals surface area contributed by atoms with Crippen LogP contribution in [0.2, 0.25) is 0 Å². The van der Waals surface area contributed by atoms with Gasteiger partial charge in [-0.2, -0.15) is 0 Å². The third kappa shape index (κ3) is 4.32. The molecule has 3 nitrogen and oxygen atoms in total. The van der Waals surface area contributed by atoms with Crippen molar-refractivity contribution in [1.29, 1.82) is 0 Å². The molecule has 2 rings (SSSR count). The molecule has 0 bridgehead atoms. The lowest BCUT2D eigenvalue weighted by Crippen LogP contribution is -2.12. The summed E-state index contributed by atoms with van der Waals surface area (Å²) in [5.74, 6) is 5.38. The molecule has 0 aliphatic heterocycles. The number of aromatic hydroxyl groups is 1. The highest BCUT2D eigenvalue weighted by atomic mass is 16.3. The van der Waals surface area contributed by atoms with Crippen LogP contribution in [-0.2, 0) is 16.0 Å². The number of phenols is 1. The maximum absolute atomic E-state index is 11.3.